The van der Waals surface area contributed by atoms with Crippen molar-refractivity contribution in [1.82, 2.24) is 14.8 Å². The molecule has 10 heteroatoms. The predicted octanol–water partition coefficient (Wildman–Crippen LogP) is 3.10. The van der Waals surface area contributed by atoms with E-state index in [1.807, 2.05) is 17.5 Å². The second kappa shape index (κ2) is 8.70. The number of thiazole rings is 1. The van der Waals surface area contributed by atoms with Gasteiger partial charge in [0.15, 0.2) is 5.13 Å². The number of amides is 4. The number of nitrogens with one attached hydrogen (secondary N) is 2. The first-order chi connectivity index (χ1) is 13.3. The summed E-state index contributed by atoms with van der Waals surface area (Å²) in [6.45, 7) is 2.81. The van der Waals surface area contributed by atoms with E-state index in [0.717, 1.165) is 5.00 Å². The quantitative estimate of drug-likeness (QED) is 0.793. The van der Waals surface area contributed by atoms with Gasteiger partial charge >= 0.3 is 6.03 Å². The minimum atomic E-state index is -0.178. The molecule has 1 aliphatic heterocycles. The highest BCUT2D eigenvalue weighted by Crippen LogP contribution is 2.26. The van der Waals surface area contributed by atoms with Gasteiger partial charge in [-0.3, -0.25) is 14.9 Å². The molecule has 3 heterocycles. The Labute approximate surface area is 171 Å². The Morgan fingerprint density at radius 1 is 1.21 bits per heavy atom. The molecule has 1 saturated heterocycles. The van der Waals surface area contributed by atoms with Gasteiger partial charge in [0, 0.05) is 33.1 Å². The molecule has 0 unspecified atom stereocenters. The topological polar surface area (TPSA) is 94.6 Å². The number of hydrogen-bond acceptors (Lipinski definition) is 6. The van der Waals surface area contributed by atoms with Crippen molar-refractivity contribution in [2.75, 3.05) is 37.8 Å². The summed E-state index contributed by atoms with van der Waals surface area (Å²) in [6.07, 6.45) is 1.19. The van der Waals surface area contributed by atoms with E-state index >= 15 is 0 Å². The molecule has 0 saturated carbocycles. The van der Waals surface area contributed by atoms with Crippen molar-refractivity contribution in [3.63, 3.8) is 0 Å². The third-order valence-corrected chi connectivity index (χ3v) is 6.38. The Hall–Kier alpha value is -2.46. The van der Waals surface area contributed by atoms with E-state index in [4.69, 9.17) is 0 Å². The van der Waals surface area contributed by atoms with Crippen LogP contribution in [-0.2, 0) is 4.79 Å². The standard InChI is InChI=1S/C18H23N5O3S2/c1-11-14(16(25)22(2)3)28-17(19-11)21-15(24)12-6-8-23(9-7-12)18(26)20-13-5-4-10-27-13/h4-5,10,12H,6-9H2,1-3H3,(H,20,26)(H,19,21,24). The molecule has 28 heavy (non-hydrogen) atoms. The number of aromatic nitrogens is 1. The Morgan fingerprint density at radius 2 is 1.93 bits per heavy atom. The first kappa shape index (κ1) is 20.3. The third-order valence-electron chi connectivity index (χ3n) is 4.53. The number of urea groups is 1. The molecule has 1 fully saturated rings. The summed E-state index contributed by atoms with van der Waals surface area (Å²) in [4.78, 5) is 45.0. The van der Waals surface area contributed by atoms with Crippen molar-refractivity contribution >= 4 is 50.7 Å². The lowest BCUT2D eigenvalue weighted by Gasteiger charge is -2.31. The highest BCUT2D eigenvalue weighted by atomic mass is 32.1. The molecule has 150 valence electrons. The van der Waals surface area contributed by atoms with Gasteiger partial charge in [0.25, 0.3) is 5.91 Å². The summed E-state index contributed by atoms with van der Waals surface area (Å²) in [5.74, 6) is -0.417. The van der Waals surface area contributed by atoms with Crippen molar-refractivity contribution in [3.8, 4) is 0 Å². The minimum Gasteiger partial charge on any atom is -0.344 e. The van der Waals surface area contributed by atoms with Crippen LogP contribution in [0, 0.1) is 12.8 Å². The molecule has 0 spiro atoms. The number of rotatable bonds is 4. The highest BCUT2D eigenvalue weighted by Gasteiger charge is 2.28. The van der Waals surface area contributed by atoms with E-state index in [0.29, 0.717) is 41.6 Å². The average molecular weight is 422 g/mol. The monoisotopic (exact) mass is 421 g/mol. The predicted molar refractivity (Wildman–Crippen MR) is 111 cm³/mol. The van der Waals surface area contributed by atoms with Crippen molar-refractivity contribution < 1.29 is 14.4 Å². The molecule has 2 N–H and O–H groups in total. The molecule has 1 aliphatic rings. The first-order valence-electron chi connectivity index (χ1n) is 8.94. The average Bonchev–Trinajstić information content (AvgIpc) is 3.30. The highest BCUT2D eigenvalue weighted by molar-refractivity contribution is 7.17. The normalized spacial score (nSPS) is 14.6. The number of nitrogens with zero attached hydrogens (tertiary/aromatic N) is 3. The summed E-state index contributed by atoms with van der Waals surface area (Å²) in [7, 11) is 3.37. The summed E-state index contributed by atoms with van der Waals surface area (Å²) < 4.78 is 0. The second-order valence-electron chi connectivity index (χ2n) is 6.79. The fourth-order valence-corrected chi connectivity index (χ4v) is 4.54. The smallest absolute Gasteiger partial charge is 0.322 e. The van der Waals surface area contributed by atoms with Gasteiger partial charge in [-0.25, -0.2) is 9.78 Å². The lowest BCUT2D eigenvalue weighted by molar-refractivity contribution is -0.121. The van der Waals surface area contributed by atoms with Crippen molar-refractivity contribution in [2.24, 2.45) is 5.92 Å². The largest absolute Gasteiger partial charge is 0.344 e. The number of carbonyl (C=O) groups excluding carboxylic acids is 3. The summed E-state index contributed by atoms with van der Waals surface area (Å²) in [6, 6.07) is 3.60. The molecule has 0 atom stereocenters. The van der Waals surface area contributed by atoms with E-state index in [9.17, 15) is 14.4 Å². The lowest BCUT2D eigenvalue weighted by Crippen LogP contribution is -2.43. The minimum absolute atomic E-state index is 0.115. The van der Waals surface area contributed by atoms with E-state index in [1.54, 1.807) is 25.9 Å². The zero-order valence-corrected chi connectivity index (χ0v) is 17.7. The Balaban J connectivity index is 1.52. The number of likely N-dealkylation sites (tertiary alicyclic amines) is 1. The van der Waals surface area contributed by atoms with E-state index in [2.05, 4.69) is 15.6 Å². The van der Waals surface area contributed by atoms with E-state index in [-0.39, 0.29) is 23.8 Å². The van der Waals surface area contributed by atoms with Crippen LogP contribution in [0.4, 0.5) is 14.9 Å². The van der Waals surface area contributed by atoms with Crippen LogP contribution in [0.25, 0.3) is 0 Å². The molecular weight excluding hydrogens is 398 g/mol. The zero-order valence-electron chi connectivity index (χ0n) is 16.0. The van der Waals surface area contributed by atoms with Crippen LogP contribution in [0.3, 0.4) is 0 Å². The second-order valence-corrected chi connectivity index (χ2v) is 8.74. The molecule has 4 amide bonds. The van der Waals surface area contributed by atoms with Crippen LogP contribution >= 0.6 is 22.7 Å². The number of piperidine rings is 1. The van der Waals surface area contributed by atoms with Gasteiger partial charge in [-0.1, -0.05) is 11.3 Å². The van der Waals surface area contributed by atoms with Gasteiger partial charge < -0.3 is 15.1 Å². The molecule has 2 aromatic rings. The van der Waals surface area contributed by atoms with Crippen molar-refractivity contribution in [2.45, 2.75) is 19.8 Å². The number of carbonyl (C=O) groups is 3. The molecule has 0 aliphatic carbocycles. The van der Waals surface area contributed by atoms with Gasteiger partial charge in [0.05, 0.1) is 10.7 Å². The van der Waals surface area contributed by atoms with Gasteiger partial charge in [-0.2, -0.15) is 0 Å². The molecular formula is C18H23N5O3S2. The van der Waals surface area contributed by atoms with Gasteiger partial charge in [-0.15, -0.1) is 11.3 Å². The number of aryl methyl sites for hydroxylation is 1. The van der Waals surface area contributed by atoms with Crippen LogP contribution < -0.4 is 10.6 Å². The molecule has 0 aromatic carbocycles. The Bertz CT molecular complexity index is 855. The molecule has 0 radical (unpaired) electrons. The Kier molecular flexibility index (Phi) is 6.30. The first-order valence-corrected chi connectivity index (χ1v) is 10.6. The van der Waals surface area contributed by atoms with Crippen LogP contribution in [0.15, 0.2) is 17.5 Å². The molecule has 0 bridgehead atoms. The number of anilines is 2. The number of thiophene rings is 1. The lowest BCUT2D eigenvalue weighted by atomic mass is 9.96. The van der Waals surface area contributed by atoms with Gasteiger partial charge in [0.2, 0.25) is 5.91 Å². The summed E-state index contributed by atoms with van der Waals surface area (Å²) in [5.41, 5.74) is 0.610. The van der Waals surface area contributed by atoms with Crippen molar-refractivity contribution in [3.05, 3.63) is 28.1 Å². The fourth-order valence-electron chi connectivity index (χ4n) is 2.94. The number of hydrogen-bond donors (Lipinski definition) is 2. The maximum Gasteiger partial charge on any atom is 0.322 e. The van der Waals surface area contributed by atoms with Crippen LogP contribution in [0.2, 0.25) is 0 Å². The van der Waals surface area contributed by atoms with Crippen LogP contribution in [0.5, 0.6) is 0 Å². The third kappa shape index (κ3) is 4.68. The Morgan fingerprint density at radius 3 is 2.54 bits per heavy atom. The fraction of sp³-hybridized carbons (Fsp3) is 0.444. The summed E-state index contributed by atoms with van der Waals surface area (Å²) >= 11 is 2.66. The van der Waals surface area contributed by atoms with Gasteiger partial charge in [-0.05, 0) is 37.3 Å². The van der Waals surface area contributed by atoms with Crippen LogP contribution in [-0.4, -0.2) is 59.8 Å². The van der Waals surface area contributed by atoms with E-state index in [1.165, 1.54) is 27.6 Å². The SMILES string of the molecule is Cc1nc(NC(=O)C2CCN(C(=O)Nc3cccs3)CC2)sc1C(=O)N(C)C. The van der Waals surface area contributed by atoms with Gasteiger partial charge in [0.1, 0.15) is 4.88 Å². The van der Waals surface area contributed by atoms with E-state index < -0.39 is 0 Å². The molecule has 2 aromatic heterocycles. The summed E-state index contributed by atoms with van der Waals surface area (Å²) in [5, 5.41) is 8.85. The zero-order chi connectivity index (χ0) is 20.3. The molecule has 8 nitrogen and oxygen atoms in total. The van der Waals surface area contributed by atoms with Crippen molar-refractivity contribution in [1.29, 1.82) is 0 Å². The van der Waals surface area contributed by atoms with Crippen LogP contribution in [0.1, 0.15) is 28.2 Å². The molecule has 3 rings (SSSR count). The maximum atomic E-state index is 12.6. The maximum absolute atomic E-state index is 12.6.